The molecule has 234 valence electrons. The summed E-state index contributed by atoms with van der Waals surface area (Å²) in [4.78, 5) is 20.6. The van der Waals surface area contributed by atoms with Crippen molar-refractivity contribution in [3.05, 3.63) is 59.5 Å². The summed E-state index contributed by atoms with van der Waals surface area (Å²) >= 11 is 0. The number of fused-ring (bicyclic) bond motifs is 5. The first-order valence-corrected chi connectivity index (χ1v) is 15.7. The van der Waals surface area contributed by atoms with Gasteiger partial charge < -0.3 is 19.3 Å². The van der Waals surface area contributed by atoms with Crippen molar-refractivity contribution < 1.29 is 22.6 Å². The van der Waals surface area contributed by atoms with E-state index in [0.29, 0.717) is 37.5 Å². The zero-order chi connectivity index (χ0) is 30.5. The van der Waals surface area contributed by atoms with Crippen molar-refractivity contribution >= 4 is 5.69 Å². The SMILES string of the molecule is CCOc1ncccc1-c1ccc2c(n1)CN(C1CN3CCC1CC3)CC21CCN(c2ccc(OC)nc2C(F)(F)F)CC1. The molecule has 8 rings (SSSR count). The van der Waals surface area contributed by atoms with E-state index in [1.807, 2.05) is 24.0 Å². The Kier molecular flexibility index (Phi) is 7.64. The Morgan fingerprint density at radius 2 is 1.80 bits per heavy atom. The lowest BCUT2D eigenvalue weighted by Gasteiger charge is -2.55. The van der Waals surface area contributed by atoms with Gasteiger partial charge in [-0.2, -0.15) is 13.2 Å². The van der Waals surface area contributed by atoms with Crippen LogP contribution in [0.2, 0.25) is 0 Å². The molecule has 0 aromatic carbocycles. The van der Waals surface area contributed by atoms with Crippen LogP contribution in [0.3, 0.4) is 0 Å². The molecule has 0 amide bonds. The molecule has 0 N–H and O–H groups in total. The van der Waals surface area contributed by atoms with Crippen LogP contribution in [-0.2, 0) is 18.1 Å². The van der Waals surface area contributed by atoms with Crippen LogP contribution < -0.4 is 14.4 Å². The molecule has 3 aromatic heterocycles. The van der Waals surface area contributed by atoms with Crippen LogP contribution in [0.15, 0.2) is 42.6 Å². The quantitative estimate of drug-likeness (QED) is 0.368. The maximum Gasteiger partial charge on any atom is 0.435 e. The van der Waals surface area contributed by atoms with Crippen molar-refractivity contribution in [3.63, 3.8) is 0 Å². The Hall–Kier alpha value is -3.44. The number of pyridine rings is 3. The first-order valence-electron chi connectivity index (χ1n) is 15.7. The third-order valence-corrected chi connectivity index (χ3v) is 10.2. The van der Waals surface area contributed by atoms with E-state index in [4.69, 9.17) is 14.5 Å². The summed E-state index contributed by atoms with van der Waals surface area (Å²) in [5, 5.41) is 0. The van der Waals surface area contributed by atoms with E-state index in [2.05, 4.69) is 31.9 Å². The summed E-state index contributed by atoms with van der Waals surface area (Å²) in [6.45, 7) is 8.56. The first-order chi connectivity index (χ1) is 21.3. The van der Waals surface area contributed by atoms with Gasteiger partial charge in [0.25, 0.3) is 0 Å². The summed E-state index contributed by atoms with van der Waals surface area (Å²) in [7, 11) is 1.33. The van der Waals surface area contributed by atoms with Crippen LogP contribution in [-0.4, -0.2) is 83.8 Å². The van der Waals surface area contributed by atoms with Gasteiger partial charge in [-0.25, -0.2) is 9.97 Å². The molecule has 1 unspecified atom stereocenters. The number of alkyl halides is 3. The lowest BCUT2D eigenvalue weighted by atomic mass is 9.68. The average Bonchev–Trinajstić information content (AvgIpc) is 3.05. The second-order valence-corrected chi connectivity index (χ2v) is 12.6. The third-order valence-electron chi connectivity index (χ3n) is 10.2. The van der Waals surface area contributed by atoms with Gasteiger partial charge in [-0.15, -0.1) is 0 Å². The molecule has 4 saturated heterocycles. The molecule has 0 saturated carbocycles. The van der Waals surface area contributed by atoms with Gasteiger partial charge in [0.1, 0.15) is 0 Å². The van der Waals surface area contributed by atoms with Crippen LogP contribution >= 0.6 is 0 Å². The normalized spacial score (nSPS) is 24.8. The Morgan fingerprint density at radius 3 is 2.48 bits per heavy atom. The van der Waals surface area contributed by atoms with Crippen LogP contribution in [0.1, 0.15) is 49.6 Å². The number of nitrogens with zero attached hydrogens (tertiary/aromatic N) is 6. The van der Waals surface area contributed by atoms with Gasteiger partial charge in [-0.05, 0) is 81.4 Å². The van der Waals surface area contributed by atoms with E-state index in [9.17, 15) is 13.2 Å². The highest BCUT2D eigenvalue weighted by Gasteiger charge is 2.48. The molecular formula is C33H39F3N6O2. The predicted molar refractivity (Wildman–Crippen MR) is 161 cm³/mol. The number of methoxy groups -OCH3 is 1. The van der Waals surface area contributed by atoms with Crippen molar-refractivity contribution in [2.45, 2.75) is 56.8 Å². The van der Waals surface area contributed by atoms with Gasteiger partial charge in [0, 0.05) is 56.4 Å². The van der Waals surface area contributed by atoms with E-state index in [1.165, 1.54) is 50.7 Å². The smallest absolute Gasteiger partial charge is 0.435 e. The fourth-order valence-corrected chi connectivity index (χ4v) is 8.01. The molecule has 44 heavy (non-hydrogen) atoms. The Labute approximate surface area is 256 Å². The van der Waals surface area contributed by atoms with E-state index in [1.54, 1.807) is 6.20 Å². The molecule has 1 atom stereocenters. The highest BCUT2D eigenvalue weighted by atomic mass is 19.4. The highest BCUT2D eigenvalue weighted by molar-refractivity contribution is 5.65. The van der Waals surface area contributed by atoms with Crippen molar-refractivity contribution in [1.82, 2.24) is 24.8 Å². The minimum absolute atomic E-state index is 0.0353. The summed E-state index contributed by atoms with van der Waals surface area (Å²) in [6, 6.07) is 11.6. The van der Waals surface area contributed by atoms with Crippen LogP contribution in [0.4, 0.5) is 18.9 Å². The molecule has 1 spiro atoms. The number of hydrogen-bond donors (Lipinski definition) is 0. The van der Waals surface area contributed by atoms with Gasteiger partial charge in [-0.1, -0.05) is 6.07 Å². The second kappa shape index (κ2) is 11.5. The van der Waals surface area contributed by atoms with Crippen LogP contribution in [0.5, 0.6) is 11.8 Å². The number of hydrogen-bond acceptors (Lipinski definition) is 8. The first kappa shape index (κ1) is 29.3. The largest absolute Gasteiger partial charge is 0.481 e. The van der Waals surface area contributed by atoms with Crippen LogP contribution in [0.25, 0.3) is 11.3 Å². The third kappa shape index (κ3) is 5.27. The molecule has 11 heteroatoms. The summed E-state index contributed by atoms with van der Waals surface area (Å²) in [5.74, 6) is 1.21. The Balaban J connectivity index is 1.23. The fraction of sp³-hybridized carbons (Fsp3) is 0.545. The molecular weight excluding hydrogens is 569 g/mol. The zero-order valence-corrected chi connectivity index (χ0v) is 25.3. The molecule has 0 aliphatic carbocycles. The summed E-state index contributed by atoms with van der Waals surface area (Å²) < 4.78 is 53.1. The van der Waals surface area contributed by atoms with Gasteiger partial charge in [0.15, 0.2) is 5.69 Å². The van der Waals surface area contributed by atoms with E-state index < -0.39 is 11.9 Å². The van der Waals surface area contributed by atoms with Gasteiger partial charge in [0.2, 0.25) is 11.8 Å². The second-order valence-electron chi connectivity index (χ2n) is 12.6. The monoisotopic (exact) mass is 608 g/mol. The van der Waals surface area contributed by atoms with Gasteiger partial charge in [0.05, 0.1) is 36.4 Å². The minimum atomic E-state index is -4.57. The molecule has 4 fully saturated rings. The zero-order valence-electron chi connectivity index (χ0n) is 25.3. The van der Waals surface area contributed by atoms with E-state index in [-0.39, 0.29) is 17.0 Å². The standard InChI is InChI=1S/C33H39F3N6O2/c1-3-44-31-23(5-4-14-37-31)25-7-6-24-26(38-25)19-42(28-20-40-15-10-22(28)11-16-40)21-32(24)12-17-41(18-13-32)27-8-9-29(43-2)39-30(27)33(34,35)36/h4-9,14,22,28H,3,10-13,15-21H2,1-2H3. The maximum atomic E-state index is 14.1. The Bertz CT molecular complexity index is 1500. The molecule has 2 bridgehead atoms. The number of aromatic nitrogens is 3. The van der Waals surface area contributed by atoms with E-state index in [0.717, 1.165) is 49.4 Å². The fourth-order valence-electron chi connectivity index (χ4n) is 8.01. The molecule has 8 heterocycles. The van der Waals surface area contributed by atoms with Gasteiger partial charge in [-0.3, -0.25) is 9.88 Å². The molecule has 3 aromatic rings. The van der Waals surface area contributed by atoms with Gasteiger partial charge >= 0.3 is 6.18 Å². The Morgan fingerprint density at radius 1 is 1.00 bits per heavy atom. The average molecular weight is 609 g/mol. The molecule has 5 aliphatic heterocycles. The minimum Gasteiger partial charge on any atom is -0.481 e. The predicted octanol–water partition coefficient (Wildman–Crippen LogP) is 5.41. The van der Waals surface area contributed by atoms with Crippen molar-refractivity contribution in [2.24, 2.45) is 5.92 Å². The number of anilines is 1. The number of piperidine rings is 4. The molecule has 8 nitrogen and oxygen atoms in total. The number of ether oxygens (including phenoxy) is 2. The maximum absolute atomic E-state index is 14.1. The van der Waals surface area contributed by atoms with Crippen LogP contribution in [0, 0.1) is 5.92 Å². The lowest BCUT2D eigenvalue weighted by Crippen LogP contribution is -2.61. The summed E-state index contributed by atoms with van der Waals surface area (Å²) in [5.41, 5.74) is 3.02. The van der Waals surface area contributed by atoms with Crippen molar-refractivity contribution in [2.75, 3.05) is 57.9 Å². The van der Waals surface area contributed by atoms with Crippen molar-refractivity contribution in [1.29, 1.82) is 0 Å². The summed E-state index contributed by atoms with van der Waals surface area (Å²) in [6.07, 6.45) is 1.07. The van der Waals surface area contributed by atoms with Crippen molar-refractivity contribution in [3.8, 4) is 23.0 Å². The highest BCUT2D eigenvalue weighted by Crippen LogP contribution is 2.46. The topological polar surface area (TPSA) is 66.9 Å². The van der Waals surface area contributed by atoms with E-state index >= 15 is 0 Å². The number of rotatable bonds is 6. The number of halogens is 3. The molecule has 5 aliphatic rings. The lowest BCUT2D eigenvalue weighted by molar-refractivity contribution is -0.140. The molecule has 0 radical (unpaired) electrons.